The van der Waals surface area contributed by atoms with Crippen LogP contribution in [0.25, 0.3) is 6.08 Å². The van der Waals surface area contributed by atoms with Crippen LogP contribution in [-0.2, 0) is 9.53 Å². The Balaban J connectivity index is 1.43. The lowest BCUT2D eigenvalue weighted by molar-refractivity contribution is -0.132. The van der Waals surface area contributed by atoms with Gasteiger partial charge in [-0.25, -0.2) is 13.8 Å². The Kier molecular flexibility index (Phi) is 8.96. The zero-order chi connectivity index (χ0) is 28.2. The Hall–Kier alpha value is -3.10. The van der Waals surface area contributed by atoms with Crippen LogP contribution in [0, 0.1) is 17.6 Å². The summed E-state index contributed by atoms with van der Waals surface area (Å²) in [6.07, 6.45) is 4.84. The molecule has 1 heterocycles. The van der Waals surface area contributed by atoms with E-state index < -0.39 is 17.7 Å². The second-order valence-corrected chi connectivity index (χ2v) is 10.9. The fourth-order valence-electron chi connectivity index (χ4n) is 5.42. The highest BCUT2D eigenvalue weighted by Gasteiger charge is 2.43. The predicted molar refractivity (Wildman–Crippen MR) is 154 cm³/mol. The molecule has 40 heavy (non-hydrogen) atoms. The fraction of sp³-hybridized carbons (Fsp3) is 0.290. The molecule has 1 fully saturated rings. The van der Waals surface area contributed by atoms with Crippen LogP contribution >= 0.6 is 23.2 Å². The Bertz CT molecular complexity index is 1430. The molecule has 5 nitrogen and oxygen atoms in total. The van der Waals surface area contributed by atoms with Crippen molar-refractivity contribution in [3.63, 3.8) is 0 Å². The van der Waals surface area contributed by atoms with E-state index in [0.717, 1.165) is 53.8 Å². The highest BCUT2D eigenvalue weighted by Crippen LogP contribution is 2.44. The van der Waals surface area contributed by atoms with Crippen LogP contribution in [0.1, 0.15) is 48.0 Å². The van der Waals surface area contributed by atoms with Crippen molar-refractivity contribution in [1.82, 2.24) is 10.3 Å². The Labute approximate surface area is 242 Å². The predicted octanol–water partition coefficient (Wildman–Crippen LogP) is 7.37. The first kappa shape index (κ1) is 28.4. The number of amides is 1. The van der Waals surface area contributed by atoms with Gasteiger partial charge in [0.05, 0.1) is 30.9 Å². The number of carbonyl (C=O) groups is 1. The van der Waals surface area contributed by atoms with Crippen molar-refractivity contribution in [3.05, 3.63) is 111 Å². The molecule has 0 saturated heterocycles. The van der Waals surface area contributed by atoms with Crippen molar-refractivity contribution in [2.75, 3.05) is 20.3 Å². The van der Waals surface area contributed by atoms with Gasteiger partial charge in [-0.2, -0.15) is 5.10 Å². The van der Waals surface area contributed by atoms with Crippen LogP contribution in [0.4, 0.5) is 8.78 Å². The molecule has 1 aliphatic carbocycles. The van der Waals surface area contributed by atoms with Crippen molar-refractivity contribution in [3.8, 4) is 0 Å². The number of benzene rings is 3. The molecule has 5 rings (SSSR count). The molecule has 208 valence electrons. The molecular formula is C31H29Cl2F2N3O2. The molecule has 2 aliphatic rings. The van der Waals surface area contributed by atoms with Gasteiger partial charge in [-0.3, -0.25) is 10.1 Å². The molecule has 1 saturated carbocycles. The third-order valence-corrected chi connectivity index (χ3v) is 7.86. The molecule has 1 N–H and O–H groups in total. The molecule has 0 bridgehead atoms. The summed E-state index contributed by atoms with van der Waals surface area (Å²) in [5, 5.41) is 10.9. The Morgan fingerprint density at radius 1 is 1.07 bits per heavy atom. The number of nitrogens with one attached hydrogen (secondary N) is 1. The molecule has 0 spiro atoms. The number of hydrogen-bond acceptors (Lipinski definition) is 4. The monoisotopic (exact) mass is 583 g/mol. The number of methoxy groups -OCH3 is 1. The number of nitrogens with zero attached hydrogens (tertiary/aromatic N) is 2. The van der Waals surface area contributed by atoms with Gasteiger partial charge >= 0.3 is 0 Å². The van der Waals surface area contributed by atoms with E-state index in [2.05, 4.69) is 11.4 Å². The minimum atomic E-state index is -0.954. The van der Waals surface area contributed by atoms with Crippen LogP contribution < -0.4 is 5.32 Å². The van der Waals surface area contributed by atoms with Crippen LogP contribution in [0.5, 0.6) is 0 Å². The van der Waals surface area contributed by atoms with Gasteiger partial charge in [0.1, 0.15) is 0 Å². The van der Waals surface area contributed by atoms with Gasteiger partial charge in [0.2, 0.25) is 0 Å². The van der Waals surface area contributed by atoms with Crippen LogP contribution in [0.2, 0.25) is 10.0 Å². The normalized spacial score (nSPS) is 20.4. The Morgan fingerprint density at radius 3 is 2.45 bits per heavy atom. The lowest BCUT2D eigenvalue weighted by Gasteiger charge is -2.30. The highest BCUT2D eigenvalue weighted by molar-refractivity contribution is 6.30. The maximum Gasteiger partial charge on any atom is 0.257 e. The van der Waals surface area contributed by atoms with E-state index in [1.165, 1.54) is 13.2 Å². The van der Waals surface area contributed by atoms with Gasteiger partial charge < -0.3 is 4.74 Å². The van der Waals surface area contributed by atoms with E-state index in [-0.39, 0.29) is 31.0 Å². The molecule has 3 aromatic rings. The zero-order valence-electron chi connectivity index (χ0n) is 21.9. The first-order chi connectivity index (χ1) is 19.3. The van der Waals surface area contributed by atoms with E-state index in [4.69, 9.17) is 33.0 Å². The average Bonchev–Trinajstić information content (AvgIpc) is 3.35. The molecule has 3 unspecified atom stereocenters. The third kappa shape index (κ3) is 6.28. The largest absolute Gasteiger partial charge is 0.383 e. The number of fused-ring (bicyclic) bond motifs is 1. The summed E-state index contributed by atoms with van der Waals surface area (Å²) in [4.78, 5) is 13.7. The number of allylic oxidation sites excluding steroid dienone is 1. The van der Waals surface area contributed by atoms with Crippen molar-refractivity contribution in [1.29, 1.82) is 0 Å². The summed E-state index contributed by atoms with van der Waals surface area (Å²) in [5.41, 5.74) is 4.45. The molecule has 1 aliphatic heterocycles. The number of ether oxygens (including phenoxy) is 1. The number of hydrogen-bond donors (Lipinski definition) is 1. The van der Waals surface area contributed by atoms with Gasteiger partial charge in [-0.1, -0.05) is 53.5 Å². The molecule has 0 aromatic heterocycles. The van der Waals surface area contributed by atoms with Crippen molar-refractivity contribution in [2.24, 2.45) is 11.0 Å². The standard InChI is InChI=1S/C31H29Cl2F2N3O2/c1-40-18-28(21-9-14-26(34)27(35)16-21)36-17-29(39)38-31(20-7-12-24(33)13-8-20)25-4-2-3-22(30(25)37-38)15-19-5-10-23(32)11-6-19/h5-16,25,28,31,36H,2-4,17-18H2,1H3/b22-15-. The maximum absolute atomic E-state index is 13.9. The van der Waals surface area contributed by atoms with Crippen molar-refractivity contribution in [2.45, 2.75) is 31.3 Å². The minimum absolute atomic E-state index is 0.0263. The lowest BCUT2D eigenvalue weighted by Crippen LogP contribution is -2.39. The smallest absolute Gasteiger partial charge is 0.257 e. The zero-order valence-corrected chi connectivity index (χ0v) is 23.4. The molecule has 3 atom stereocenters. The van der Waals surface area contributed by atoms with Gasteiger partial charge in [0, 0.05) is 23.1 Å². The topological polar surface area (TPSA) is 53.9 Å². The minimum Gasteiger partial charge on any atom is -0.383 e. The summed E-state index contributed by atoms with van der Waals surface area (Å²) in [7, 11) is 1.51. The summed E-state index contributed by atoms with van der Waals surface area (Å²) in [6, 6.07) is 18.0. The number of hydrazone groups is 1. The first-order valence-corrected chi connectivity index (χ1v) is 13.9. The van der Waals surface area contributed by atoms with Gasteiger partial charge in [0.15, 0.2) is 11.6 Å². The van der Waals surface area contributed by atoms with E-state index in [1.807, 2.05) is 48.5 Å². The number of carbonyl (C=O) groups excluding carboxylic acids is 1. The quantitative estimate of drug-likeness (QED) is 0.301. The average molecular weight is 584 g/mol. The van der Waals surface area contributed by atoms with Crippen LogP contribution in [0.3, 0.4) is 0 Å². The molecule has 3 aromatic carbocycles. The van der Waals surface area contributed by atoms with Gasteiger partial charge in [0.25, 0.3) is 5.91 Å². The summed E-state index contributed by atoms with van der Waals surface area (Å²) < 4.78 is 32.7. The molecule has 0 radical (unpaired) electrons. The second-order valence-electron chi connectivity index (χ2n) is 10.0. The summed E-state index contributed by atoms with van der Waals surface area (Å²) in [5.74, 6) is -2.10. The third-order valence-electron chi connectivity index (χ3n) is 7.36. The molecular weight excluding hydrogens is 555 g/mol. The molecule has 1 amide bonds. The summed E-state index contributed by atoms with van der Waals surface area (Å²) >= 11 is 12.2. The van der Waals surface area contributed by atoms with E-state index in [0.29, 0.717) is 15.6 Å². The summed E-state index contributed by atoms with van der Waals surface area (Å²) in [6.45, 7) is 0.0981. The number of rotatable bonds is 8. The number of halogens is 4. The van der Waals surface area contributed by atoms with E-state index >= 15 is 0 Å². The SMILES string of the molecule is COCC(NCC(=O)N1N=C2/C(=C\c3ccc(Cl)cc3)CCCC2C1c1ccc(Cl)cc1)c1ccc(F)c(F)c1. The highest BCUT2D eigenvalue weighted by atomic mass is 35.5. The van der Waals surface area contributed by atoms with E-state index in [1.54, 1.807) is 5.01 Å². The van der Waals surface area contributed by atoms with Crippen LogP contribution in [-0.4, -0.2) is 36.9 Å². The van der Waals surface area contributed by atoms with Gasteiger partial charge in [-0.05, 0) is 84.0 Å². The second kappa shape index (κ2) is 12.6. The first-order valence-electron chi connectivity index (χ1n) is 13.1. The van der Waals surface area contributed by atoms with Crippen LogP contribution in [0.15, 0.2) is 77.4 Å². The van der Waals surface area contributed by atoms with Crippen molar-refractivity contribution >= 4 is 40.9 Å². The fourth-order valence-corrected chi connectivity index (χ4v) is 5.67. The Morgan fingerprint density at radius 2 is 1.77 bits per heavy atom. The molecule has 9 heteroatoms. The van der Waals surface area contributed by atoms with E-state index in [9.17, 15) is 13.6 Å². The lowest BCUT2D eigenvalue weighted by atomic mass is 9.77. The maximum atomic E-state index is 13.9. The van der Waals surface area contributed by atoms with Gasteiger partial charge in [-0.15, -0.1) is 0 Å². The van der Waals surface area contributed by atoms with Crippen molar-refractivity contribution < 1.29 is 18.3 Å².